The number of hydrogen-bond acceptors (Lipinski definition) is 3. The summed E-state index contributed by atoms with van der Waals surface area (Å²) in [6.45, 7) is 2.64. The van der Waals surface area contributed by atoms with E-state index < -0.39 is 0 Å². The van der Waals surface area contributed by atoms with Crippen molar-refractivity contribution in [3.05, 3.63) is 0 Å². The van der Waals surface area contributed by atoms with Crippen molar-refractivity contribution >= 4 is 11.8 Å². The van der Waals surface area contributed by atoms with Crippen molar-refractivity contribution in [2.45, 2.75) is 25.7 Å². The second kappa shape index (κ2) is 6.40. The molecule has 0 bridgehead atoms. The summed E-state index contributed by atoms with van der Waals surface area (Å²) in [6.07, 6.45) is 2.85. The summed E-state index contributed by atoms with van der Waals surface area (Å²) in [7, 11) is 0. The first-order valence-electron chi connectivity index (χ1n) is 5.48. The van der Waals surface area contributed by atoms with E-state index in [9.17, 15) is 9.59 Å². The average molecular weight is 213 g/mol. The zero-order chi connectivity index (χ0) is 11.1. The third-order valence-corrected chi connectivity index (χ3v) is 2.47. The molecule has 0 aromatic rings. The number of nitrogens with two attached hydrogens (primary N) is 1. The highest BCUT2D eigenvalue weighted by molar-refractivity contribution is 5.78. The first kappa shape index (κ1) is 12.0. The molecule has 0 saturated carbocycles. The summed E-state index contributed by atoms with van der Waals surface area (Å²) >= 11 is 0. The van der Waals surface area contributed by atoms with E-state index >= 15 is 0 Å². The minimum absolute atomic E-state index is 0.00903. The molecular weight excluding hydrogens is 194 g/mol. The lowest BCUT2D eigenvalue weighted by molar-refractivity contribution is -0.127. The van der Waals surface area contributed by atoms with E-state index in [4.69, 9.17) is 5.73 Å². The van der Waals surface area contributed by atoms with Crippen molar-refractivity contribution in [1.29, 1.82) is 0 Å². The molecule has 0 spiro atoms. The smallest absolute Gasteiger partial charge is 0.222 e. The Labute approximate surface area is 90.0 Å². The van der Waals surface area contributed by atoms with Gasteiger partial charge in [-0.1, -0.05) is 0 Å². The van der Waals surface area contributed by atoms with Crippen LogP contribution in [0.25, 0.3) is 0 Å². The van der Waals surface area contributed by atoms with Gasteiger partial charge in [0.15, 0.2) is 0 Å². The highest BCUT2D eigenvalue weighted by Crippen LogP contribution is 2.09. The normalized spacial score (nSPS) is 15.8. The van der Waals surface area contributed by atoms with Crippen molar-refractivity contribution in [2.75, 3.05) is 26.2 Å². The van der Waals surface area contributed by atoms with E-state index in [-0.39, 0.29) is 11.8 Å². The van der Waals surface area contributed by atoms with Gasteiger partial charge < -0.3 is 16.0 Å². The van der Waals surface area contributed by atoms with Crippen LogP contribution in [0.5, 0.6) is 0 Å². The minimum atomic E-state index is -0.00903. The van der Waals surface area contributed by atoms with Crippen LogP contribution in [-0.4, -0.2) is 42.9 Å². The van der Waals surface area contributed by atoms with Gasteiger partial charge in [-0.05, 0) is 12.8 Å². The fourth-order valence-electron chi connectivity index (χ4n) is 1.66. The molecule has 1 aliphatic rings. The van der Waals surface area contributed by atoms with Crippen molar-refractivity contribution in [3.63, 3.8) is 0 Å². The summed E-state index contributed by atoms with van der Waals surface area (Å²) < 4.78 is 0. The number of rotatable bonds is 6. The third-order valence-electron chi connectivity index (χ3n) is 2.47. The molecule has 0 unspecified atom stereocenters. The largest absolute Gasteiger partial charge is 0.356 e. The molecule has 0 aromatic heterocycles. The molecule has 3 N–H and O–H groups in total. The Morgan fingerprint density at radius 3 is 2.93 bits per heavy atom. The Hall–Kier alpha value is -1.10. The molecule has 15 heavy (non-hydrogen) atoms. The molecular formula is C10H19N3O2. The van der Waals surface area contributed by atoms with Crippen molar-refractivity contribution in [3.8, 4) is 0 Å². The van der Waals surface area contributed by atoms with Gasteiger partial charge in [0, 0.05) is 39.0 Å². The molecule has 1 heterocycles. The lowest BCUT2D eigenvalue weighted by Gasteiger charge is -2.15. The van der Waals surface area contributed by atoms with E-state index in [0.29, 0.717) is 25.9 Å². The lowest BCUT2D eigenvalue weighted by atomic mass is 10.3. The second-order valence-electron chi connectivity index (χ2n) is 3.73. The van der Waals surface area contributed by atoms with E-state index in [1.165, 1.54) is 0 Å². The zero-order valence-corrected chi connectivity index (χ0v) is 9.00. The molecule has 1 rings (SSSR count). The van der Waals surface area contributed by atoms with Gasteiger partial charge in [-0.2, -0.15) is 0 Å². The summed E-state index contributed by atoms with van der Waals surface area (Å²) in [5.74, 6) is 0.230. The predicted octanol–water partition coefficient (Wildman–Crippen LogP) is -0.536. The van der Waals surface area contributed by atoms with Crippen LogP contribution in [0.1, 0.15) is 25.7 Å². The Balaban J connectivity index is 2.01. The van der Waals surface area contributed by atoms with Gasteiger partial charge in [0.25, 0.3) is 0 Å². The van der Waals surface area contributed by atoms with E-state index in [1.807, 2.05) is 4.90 Å². The monoisotopic (exact) mass is 213 g/mol. The van der Waals surface area contributed by atoms with Crippen LogP contribution in [-0.2, 0) is 9.59 Å². The van der Waals surface area contributed by atoms with Gasteiger partial charge in [0.2, 0.25) is 11.8 Å². The summed E-state index contributed by atoms with van der Waals surface area (Å²) in [4.78, 5) is 24.1. The van der Waals surface area contributed by atoms with Gasteiger partial charge in [-0.15, -0.1) is 0 Å². The van der Waals surface area contributed by atoms with Crippen LogP contribution >= 0.6 is 0 Å². The molecule has 0 radical (unpaired) electrons. The van der Waals surface area contributed by atoms with E-state index in [1.54, 1.807) is 0 Å². The van der Waals surface area contributed by atoms with E-state index in [0.717, 1.165) is 25.9 Å². The second-order valence-corrected chi connectivity index (χ2v) is 3.73. The number of nitrogens with zero attached hydrogens (tertiary/aromatic N) is 1. The molecule has 1 aliphatic heterocycles. The Bertz CT molecular complexity index is 231. The molecule has 1 saturated heterocycles. The summed E-state index contributed by atoms with van der Waals surface area (Å²) in [5.41, 5.74) is 5.24. The SMILES string of the molecule is NCCC(=O)NCCCN1CCCC1=O. The van der Waals surface area contributed by atoms with Gasteiger partial charge >= 0.3 is 0 Å². The van der Waals surface area contributed by atoms with Crippen molar-refractivity contribution in [2.24, 2.45) is 5.73 Å². The molecule has 1 fully saturated rings. The number of carbonyl (C=O) groups excluding carboxylic acids is 2. The predicted molar refractivity (Wildman–Crippen MR) is 57.1 cm³/mol. The van der Waals surface area contributed by atoms with Gasteiger partial charge in [0.05, 0.1) is 0 Å². The summed E-state index contributed by atoms with van der Waals surface area (Å²) in [5, 5.41) is 2.77. The number of likely N-dealkylation sites (tertiary alicyclic amines) is 1. The molecule has 0 aliphatic carbocycles. The Morgan fingerprint density at radius 1 is 1.53 bits per heavy atom. The first-order valence-corrected chi connectivity index (χ1v) is 5.48. The van der Waals surface area contributed by atoms with Crippen LogP contribution < -0.4 is 11.1 Å². The molecule has 2 amide bonds. The van der Waals surface area contributed by atoms with Crippen molar-refractivity contribution < 1.29 is 9.59 Å². The molecule has 0 atom stereocenters. The minimum Gasteiger partial charge on any atom is -0.356 e. The fourth-order valence-corrected chi connectivity index (χ4v) is 1.66. The number of nitrogens with one attached hydrogen (secondary N) is 1. The van der Waals surface area contributed by atoms with Crippen LogP contribution in [0.4, 0.5) is 0 Å². The van der Waals surface area contributed by atoms with Gasteiger partial charge in [0.1, 0.15) is 0 Å². The van der Waals surface area contributed by atoms with Crippen LogP contribution in [0.15, 0.2) is 0 Å². The van der Waals surface area contributed by atoms with E-state index in [2.05, 4.69) is 5.32 Å². The van der Waals surface area contributed by atoms with Crippen LogP contribution in [0.3, 0.4) is 0 Å². The standard InChI is InChI=1S/C10H19N3O2/c11-5-4-9(14)12-6-2-8-13-7-1-3-10(13)15/h1-8,11H2,(H,12,14). The molecule has 5 nitrogen and oxygen atoms in total. The number of hydrogen-bond donors (Lipinski definition) is 2. The average Bonchev–Trinajstić information content (AvgIpc) is 2.60. The van der Waals surface area contributed by atoms with Crippen molar-refractivity contribution in [1.82, 2.24) is 10.2 Å². The topological polar surface area (TPSA) is 75.4 Å². The molecule has 86 valence electrons. The number of carbonyl (C=O) groups is 2. The highest BCUT2D eigenvalue weighted by atomic mass is 16.2. The zero-order valence-electron chi connectivity index (χ0n) is 9.00. The first-order chi connectivity index (χ1) is 7.24. The maximum absolute atomic E-state index is 11.2. The Kier molecular flexibility index (Phi) is 5.10. The van der Waals surface area contributed by atoms with Crippen LogP contribution in [0, 0.1) is 0 Å². The van der Waals surface area contributed by atoms with Gasteiger partial charge in [-0.3, -0.25) is 9.59 Å². The maximum Gasteiger partial charge on any atom is 0.222 e. The molecule has 5 heteroatoms. The maximum atomic E-state index is 11.2. The van der Waals surface area contributed by atoms with Gasteiger partial charge in [-0.25, -0.2) is 0 Å². The van der Waals surface area contributed by atoms with Crippen LogP contribution in [0.2, 0.25) is 0 Å². The quantitative estimate of drug-likeness (QED) is 0.582. The lowest BCUT2D eigenvalue weighted by Crippen LogP contribution is -2.31. The Morgan fingerprint density at radius 2 is 2.33 bits per heavy atom. The fraction of sp³-hybridized carbons (Fsp3) is 0.800. The molecule has 0 aromatic carbocycles. The third kappa shape index (κ3) is 4.29. The highest BCUT2D eigenvalue weighted by Gasteiger charge is 2.18. The number of amides is 2. The summed E-state index contributed by atoms with van der Waals surface area (Å²) in [6, 6.07) is 0.